The number of hydrogen-bond donors (Lipinski definition) is 6. The van der Waals surface area contributed by atoms with Gasteiger partial charge in [-0.2, -0.15) is 11.8 Å². The van der Waals surface area contributed by atoms with E-state index in [1.54, 1.807) is 40.0 Å². The summed E-state index contributed by atoms with van der Waals surface area (Å²) in [4.78, 5) is 61.8. The van der Waals surface area contributed by atoms with Crippen LogP contribution in [0.4, 0.5) is 0 Å². The van der Waals surface area contributed by atoms with Gasteiger partial charge in [0.1, 0.15) is 5.44 Å². The predicted octanol–water partition coefficient (Wildman–Crippen LogP) is 0.135. The molecule has 5 N–H and O–H groups in total. The van der Waals surface area contributed by atoms with Crippen LogP contribution in [-0.4, -0.2) is 106 Å². The molecule has 1 amide bonds. The number of aliphatic carboxylic acids is 1. The number of thiol groups is 1. The molecule has 0 fully saturated rings. The Labute approximate surface area is 208 Å². The zero-order valence-corrected chi connectivity index (χ0v) is 24.2. The van der Waals surface area contributed by atoms with Crippen molar-refractivity contribution in [3.05, 3.63) is 0 Å². The van der Waals surface area contributed by atoms with Gasteiger partial charge < -0.3 is 43.4 Å². The van der Waals surface area contributed by atoms with E-state index in [2.05, 4.69) is 36.6 Å². The largest absolute Gasteiger partial charge is 0.671 e. The summed E-state index contributed by atoms with van der Waals surface area (Å²) in [5, 5.41) is 9.81. The molecule has 0 rings (SSSR count). The van der Waals surface area contributed by atoms with E-state index < -0.39 is 15.0 Å². The number of carbonyl (C=O) groups is 4. The Bertz CT molecular complexity index is 417. The Morgan fingerprint density at radius 1 is 0.909 bits per heavy atom. The van der Waals surface area contributed by atoms with Crippen molar-refractivity contribution < 1.29 is 57.3 Å². The fourth-order valence-electron chi connectivity index (χ4n) is 0.240. The molecule has 16 heteroatoms. The lowest BCUT2D eigenvalue weighted by Gasteiger charge is -2.01. The van der Waals surface area contributed by atoms with E-state index in [4.69, 9.17) is 24.3 Å². The van der Waals surface area contributed by atoms with Crippen LogP contribution in [0.1, 0.15) is 34.6 Å². The van der Waals surface area contributed by atoms with Crippen LogP contribution in [0.25, 0.3) is 0 Å². The van der Waals surface area contributed by atoms with Gasteiger partial charge in [-0.25, -0.2) is 0 Å². The van der Waals surface area contributed by atoms with E-state index in [0.29, 0.717) is 0 Å². The second kappa shape index (κ2) is 40.9. The van der Waals surface area contributed by atoms with E-state index in [-0.39, 0.29) is 23.3 Å². The highest BCUT2D eigenvalue weighted by molar-refractivity contribution is 7.97. The maximum atomic E-state index is 9.98. The van der Waals surface area contributed by atoms with Crippen LogP contribution in [0, 0.1) is 0 Å². The molecule has 0 heterocycles. The summed E-state index contributed by atoms with van der Waals surface area (Å²) in [6.45, 7) is 6.96. The van der Waals surface area contributed by atoms with Crippen LogP contribution < -0.4 is 5.32 Å². The number of nitrogens with one attached hydrogen (secondary N) is 1. The summed E-state index contributed by atoms with van der Waals surface area (Å²) in [5.41, 5.74) is -0.280. The van der Waals surface area contributed by atoms with Gasteiger partial charge in [-0.15, -0.1) is 12.6 Å². The third-order valence-electron chi connectivity index (χ3n) is 1.25. The molecule has 0 spiro atoms. The Morgan fingerprint density at radius 3 is 1.09 bits per heavy atom. The molecule has 0 saturated carbocycles. The average Bonchev–Trinajstić information content (AvgIpc) is 2.62. The molecular formula is C17H43NO12S2Si. The second-order valence-corrected chi connectivity index (χ2v) is 7.92. The lowest BCUT2D eigenvalue weighted by Crippen LogP contribution is -2.37. The van der Waals surface area contributed by atoms with Crippen molar-refractivity contribution in [3.8, 4) is 0 Å². The maximum Gasteiger partial charge on any atom is 0.671 e. The van der Waals surface area contributed by atoms with Crippen LogP contribution in [0.3, 0.4) is 0 Å². The van der Waals surface area contributed by atoms with E-state index in [1.807, 2.05) is 12.5 Å². The highest BCUT2D eigenvalue weighted by Gasteiger charge is 2.27. The smallest absolute Gasteiger partial charge is 0.481 e. The van der Waals surface area contributed by atoms with Gasteiger partial charge in [0.2, 0.25) is 5.91 Å². The van der Waals surface area contributed by atoms with Crippen LogP contribution >= 0.6 is 24.4 Å². The second-order valence-electron chi connectivity index (χ2n) is 4.82. The van der Waals surface area contributed by atoms with E-state index >= 15 is 0 Å². The quantitative estimate of drug-likeness (QED) is 0.119. The number of methoxy groups -OCH3 is 2. The van der Waals surface area contributed by atoms with Crippen molar-refractivity contribution in [2.24, 2.45) is 0 Å². The van der Waals surface area contributed by atoms with Crippen LogP contribution in [0.2, 0.25) is 0 Å². The Morgan fingerprint density at radius 2 is 1.09 bits per heavy atom. The van der Waals surface area contributed by atoms with Crippen LogP contribution in [0.15, 0.2) is 0 Å². The lowest BCUT2D eigenvalue weighted by molar-refractivity contribution is -0.142. The summed E-state index contributed by atoms with van der Waals surface area (Å²) >= 11 is 5.54. The zero-order chi connectivity index (χ0) is 28.6. The number of ether oxygens (including phenoxy) is 3. The maximum absolute atomic E-state index is 9.98. The minimum absolute atomic E-state index is 0.00463. The first-order valence-corrected chi connectivity index (χ1v) is 12.5. The summed E-state index contributed by atoms with van der Waals surface area (Å²) in [5.74, 6) is -1.36. The molecule has 0 saturated heterocycles. The van der Waals surface area contributed by atoms with Gasteiger partial charge >= 0.3 is 21.0 Å². The Kier molecular flexibility index (Phi) is 60.6. The topological polar surface area (TPSA) is 198 Å². The van der Waals surface area contributed by atoms with Crippen LogP contribution in [0.5, 0.6) is 0 Å². The van der Waals surface area contributed by atoms with Gasteiger partial charge in [0.05, 0.1) is 7.11 Å². The highest BCUT2D eigenvalue weighted by atomic mass is 32.2. The van der Waals surface area contributed by atoms with Gasteiger partial charge in [-0.05, 0) is 19.4 Å². The molecule has 0 aromatic carbocycles. The molecule has 204 valence electrons. The van der Waals surface area contributed by atoms with Gasteiger partial charge in [-0.1, -0.05) is 0 Å². The Balaban J connectivity index is -0.0000000488. The lowest BCUT2D eigenvalue weighted by atomic mass is 10.7. The molecule has 0 aliphatic rings. The molecule has 0 aromatic rings. The van der Waals surface area contributed by atoms with Crippen molar-refractivity contribution in [1.82, 2.24) is 5.32 Å². The highest BCUT2D eigenvalue weighted by Crippen LogP contribution is 1.93. The van der Waals surface area contributed by atoms with E-state index in [0.717, 1.165) is 14.0 Å². The number of esters is 2. The zero-order valence-electron chi connectivity index (χ0n) is 21.5. The van der Waals surface area contributed by atoms with E-state index in [9.17, 15) is 14.4 Å². The summed E-state index contributed by atoms with van der Waals surface area (Å²) < 4.78 is 16.6. The molecule has 1 unspecified atom stereocenters. The van der Waals surface area contributed by atoms with E-state index in [1.165, 1.54) is 27.9 Å². The molecule has 0 aromatic heterocycles. The van der Waals surface area contributed by atoms with Gasteiger partial charge in [0.25, 0.3) is 5.97 Å². The minimum Gasteiger partial charge on any atom is -0.481 e. The number of hydrogen-bond acceptors (Lipinski definition) is 13. The fourth-order valence-corrected chi connectivity index (χ4v) is 0.389. The van der Waals surface area contributed by atoms with Crippen molar-refractivity contribution in [3.63, 3.8) is 0 Å². The molecule has 0 aliphatic heterocycles. The molecule has 13 nitrogen and oxygen atoms in total. The van der Waals surface area contributed by atoms with Gasteiger partial charge in [0.15, 0.2) is 0 Å². The number of thioether (sulfide) groups is 1. The molecular weight excluding hydrogens is 502 g/mol. The first kappa shape index (κ1) is 48.9. The number of carboxylic acid groups (broad SMARTS) is 1. The first-order valence-electron chi connectivity index (χ1n) is 8.59. The molecule has 33 heavy (non-hydrogen) atoms. The molecule has 0 aliphatic carbocycles. The van der Waals surface area contributed by atoms with Gasteiger partial charge in [-0.3, -0.25) is 19.2 Å². The molecule has 1 atom stereocenters. The third kappa shape index (κ3) is 272. The number of rotatable bonds is 2. The summed E-state index contributed by atoms with van der Waals surface area (Å²) in [7, 11) is 3.09. The number of carboxylic acids is 1. The predicted molar refractivity (Wildman–Crippen MR) is 133 cm³/mol. The third-order valence-corrected chi connectivity index (χ3v) is 1.90. The van der Waals surface area contributed by atoms with Crippen molar-refractivity contribution in [2.75, 3.05) is 48.0 Å². The van der Waals surface area contributed by atoms with Crippen molar-refractivity contribution in [2.45, 2.75) is 40.1 Å². The average molecular weight is 546 g/mol. The summed E-state index contributed by atoms with van der Waals surface area (Å²) in [6.07, 6.45) is 4.08. The minimum atomic E-state index is -4.13. The molecule has 0 bridgehead atoms. The van der Waals surface area contributed by atoms with Crippen molar-refractivity contribution >= 4 is 57.3 Å². The summed E-state index contributed by atoms with van der Waals surface area (Å²) in [6, 6.07) is 0. The standard InChI is InChI=1S/C4H8O2S.C3H7NO.C3H6O2.C2H4O2.C2H6O.C2H6S.CH6O4Si/c1-3(5)6-4(2)7;1-3(5)4-2;1-3(4)5-2;1-2(3)4;2*1-3-2;1-5-6(2,3)4/h4,7H,1-2H3;1-2H3,(H,4,5);1-2H3;1H3,(H,3,4);2*1-2H3;2-4H,1H3. The monoisotopic (exact) mass is 545 g/mol. The Hall–Kier alpha value is -1.40. The van der Waals surface area contributed by atoms with Crippen molar-refractivity contribution in [1.29, 1.82) is 0 Å². The SMILES string of the molecule is CC(=O)O.CC(=O)OC(C)S.CNC(C)=O.COC.COC(C)=O.CO[Si](O)(O)O.CSC. The fraction of sp³-hybridized carbons (Fsp3) is 0.765. The normalized spacial score (nSPS) is 8.85. The number of amides is 1. The van der Waals surface area contributed by atoms with Crippen LogP contribution in [-0.2, 0) is 37.8 Å². The number of carbonyl (C=O) groups excluding carboxylic acids is 3. The first-order chi connectivity index (χ1) is 14.8. The molecule has 0 radical (unpaired) electrons. The van der Waals surface area contributed by atoms with Gasteiger partial charge in [0, 0.05) is 56.1 Å².